The Morgan fingerprint density at radius 3 is 2.26 bits per heavy atom. The maximum Gasteiger partial charge on any atom is 0.274 e. The van der Waals surface area contributed by atoms with E-state index in [9.17, 15) is 4.79 Å². The number of nitrogens with zero attached hydrogens (tertiary/aromatic N) is 4. The topological polar surface area (TPSA) is 59.8 Å². The Morgan fingerprint density at radius 1 is 0.829 bits per heavy atom. The fourth-order valence-corrected chi connectivity index (χ4v) is 4.27. The van der Waals surface area contributed by atoms with E-state index >= 15 is 0 Å². The third-order valence-corrected chi connectivity index (χ3v) is 6.18. The number of piperazine rings is 1. The minimum atomic E-state index is -0.0596. The van der Waals surface area contributed by atoms with Crippen molar-refractivity contribution in [2.24, 2.45) is 0 Å². The summed E-state index contributed by atoms with van der Waals surface area (Å²) in [6.07, 6.45) is 1.77. The van der Waals surface area contributed by atoms with Gasteiger partial charge < -0.3 is 19.3 Å². The molecule has 0 saturated carbocycles. The van der Waals surface area contributed by atoms with E-state index < -0.39 is 0 Å². The van der Waals surface area contributed by atoms with E-state index in [1.165, 1.54) is 0 Å². The van der Waals surface area contributed by atoms with Gasteiger partial charge in [-0.1, -0.05) is 54.6 Å². The minimum Gasteiger partial charge on any atom is -0.495 e. The molecule has 5 rings (SSSR count). The Hall–Kier alpha value is -4.26. The molecule has 0 unspecified atom stereocenters. The summed E-state index contributed by atoms with van der Waals surface area (Å²) in [6.45, 7) is 2.99. The number of aromatic nitrogens is 2. The number of anilines is 1. The lowest BCUT2D eigenvalue weighted by molar-refractivity contribution is 0.0738. The first-order valence-corrected chi connectivity index (χ1v) is 11.7. The third kappa shape index (κ3) is 5.14. The van der Waals surface area contributed by atoms with Gasteiger partial charge in [-0.2, -0.15) is 5.10 Å². The molecule has 7 nitrogen and oxygen atoms in total. The fraction of sp³-hybridized carbons (Fsp3) is 0.214. The van der Waals surface area contributed by atoms with Crippen LogP contribution in [-0.4, -0.2) is 53.9 Å². The number of methoxy groups -OCH3 is 1. The first-order valence-electron chi connectivity index (χ1n) is 11.7. The number of carbonyl (C=O) groups is 1. The molecule has 0 spiro atoms. The first-order chi connectivity index (χ1) is 17.2. The maximum atomic E-state index is 13.0. The van der Waals surface area contributed by atoms with Gasteiger partial charge in [0.05, 0.1) is 12.8 Å². The SMILES string of the molecule is COc1ccccc1N1CCN(C(=O)c2ccn(COc3ccc(-c4ccccc4)cc3)n2)CC1. The Kier molecular flexibility index (Phi) is 6.66. The normalized spacial score (nSPS) is 13.5. The van der Waals surface area contributed by atoms with Crippen molar-refractivity contribution in [3.05, 3.63) is 96.8 Å². The summed E-state index contributed by atoms with van der Waals surface area (Å²) >= 11 is 0. The number of hydrogen-bond acceptors (Lipinski definition) is 5. The zero-order valence-electron chi connectivity index (χ0n) is 19.7. The molecule has 0 aliphatic carbocycles. The number of benzene rings is 3. The quantitative estimate of drug-likeness (QED) is 0.398. The van der Waals surface area contributed by atoms with Gasteiger partial charge in [0.2, 0.25) is 0 Å². The van der Waals surface area contributed by atoms with Crippen LogP contribution >= 0.6 is 0 Å². The number of rotatable bonds is 7. The molecule has 35 heavy (non-hydrogen) atoms. The van der Waals surface area contributed by atoms with Gasteiger partial charge in [0.15, 0.2) is 12.4 Å². The molecule has 4 aromatic rings. The standard InChI is InChI=1S/C28H28N4O3/c1-34-27-10-6-5-9-26(27)30-17-19-31(20-18-30)28(33)25-15-16-32(29-25)21-35-24-13-11-23(12-14-24)22-7-3-2-4-8-22/h2-16H,17-21H2,1H3. The van der Waals surface area contributed by atoms with Crippen LogP contribution in [0.2, 0.25) is 0 Å². The van der Waals surface area contributed by atoms with Crippen LogP contribution in [0, 0.1) is 0 Å². The van der Waals surface area contributed by atoms with Crippen molar-refractivity contribution in [3.63, 3.8) is 0 Å². The highest BCUT2D eigenvalue weighted by Crippen LogP contribution is 2.28. The monoisotopic (exact) mass is 468 g/mol. The minimum absolute atomic E-state index is 0.0596. The predicted molar refractivity (Wildman–Crippen MR) is 136 cm³/mol. The van der Waals surface area contributed by atoms with Crippen molar-refractivity contribution in [3.8, 4) is 22.6 Å². The molecular formula is C28H28N4O3. The summed E-state index contributed by atoms with van der Waals surface area (Å²) in [6, 6.07) is 27.9. The van der Waals surface area contributed by atoms with Crippen molar-refractivity contribution < 1.29 is 14.3 Å². The second kappa shape index (κ2) is 10.3. The maximum absolute atomic E-state index is 13.0. The van der Waals surface area contributed by atoms with Gasteiger partial charge in [-0.15, -0.1) is 0 Å². The van der Waals surface area contributed by atoms with Crippen molar-refractivity contribution in [2.45, 2.75) is 6.73 Å². The smallest absolute Gasteiger partial charge is 0.274 e. The van der Waals surface area contributed by atoms with E-state index in [0.717, 1.165) is 41.4 Å². The lowest BCUT2D eigenvalue weighted by atomic mass is 10.1. The molecule has 0 N–H and O–H groups in total. The average Bonchev–Trinajstić information content (AvgIpc) is 3.41. The number of ether oxygens (including phenoxy) is 2. The van der Waals surface area contributed by atoms with Gasteiger partial charge in [-0.3, -0.25) is 4.79 Å². The van der Waals surface area contributed by atoms with Crippen molar-refractivity contribution in [1.29, 1.82) is 0 Å². The molecule has 0 bridgehead atoms. The highest BCUT2D eigenvalue weighted by Gasteiger charge is 2.25. The molecule has 7 heteroatoms. The summed E-state index contributed by atoms with van der Waals surface area (Å²) in [4.78, 5) is 17.1. The van der Waals surface area contributed by atoms with Crippen LogP contribution < -0.4 is 14.4 Å². The van der Waals surface area contributed by atoms with E-state index in [0.29, 0.717) is 18.8 Å². The zero-order valence-corrected chi connectivity index (χ0v) is 19.7. The Bertz CT molecular complexity index is 1260. The molecule has 0 radical (unpaired) electrons. The summed E-state index contributed by atoms with van der Waals surface area (Å²) < 4.78 is 13.0. The van der Waals surface area contributed by atoms with Crippen LogP contribution in [0.5, 0.6) is 11.5 Å². The molecule has 178 valence electrons. The highest BCUT2D eigenvalue weighted by molar-refractivity contribution is 5.92. The molecule has 1 aliphatic heterocycles. The van der Waals surface area contributed by atoms with Gasteiger partial charge in [0.1, 0.15) is 11.5 Å². The summed E-state index contributed by atoms with van der Waals surface area (Å²) in [5, 5.41) is 4.44. The van der Waals surface area contributed by atoms with E-state index in [1.807, 2.05) is 71.6 Å². The number of para-hydroxylation sites is 2. The molecule has 3 aromatic carbocycles. The van der Waals surface area contributed by atoms with Crippen molar-refractivity contribution in [2.75, 3.05) is 38.2 Å². The fourth-order valence-electron chi connectivity index (χ4n) is 4.27. The summed E-state index contributed by atoms with van der Waals surface area (Å²) in [5.74, 6) is 1.54. The van der Waals surface area contributed by atoms with Crippen molar-refractivity contribution in [1.82, 2.24) is 14.7 Å². The first kappa shape index (κ1) is 22.5. The lowest BCUT2D eigenvalue weighted by Crippen LogP contribution is -2.49. The molecule has 1 aliphatic rings. The molecular weight excluding hydrogens is 440 g/mol. The van der Waals surface area contributed by atoms with Gasteiger partial charge in [-0.05, 0) is 41.5 Å². The summed E-state index contributed by atoms with van der Waals surface area (Å²) in [5.41, 5.74) is 3.79. The Balaban J connectivity index is 1.14. The van der Waals surface area contributed by atoms with Gasteiger partial charge in [0, 0.05) is 32.4 Å². The molecule has 1 saturated heterocycles. The largest absolute Gasteiger partial charge is 0.495 e. The van der Waals surface area contributed by atoms with E-state index in [2.05, 4.69) is 22.1 Å². The van der Waals surface area contributed by atoms with Gasteiger partial charge in [-0.25, -0.2) is 4.68 Å². The van der Waals surface area contributed by atoms with Crippen LogP contribution in [0.3, 0.4) is 0 Å². The van der Waals surface area contributed by atoms with Crippen LogP contribution in [0.15, 0.2) is 91.1 Å². The number of carbonyl (C=O) groups excluding carboxylic acids is 1. The Morgan fingerprint density at radius 2 is 1.51 bits per heavy atom. The molecule has 1 amide bonds. The lowest BCUT2D eigenvalue weighted by Gasteiger charge is -2.36. The van der Waals surface area contributed by atoms with Gasteiger partial charge in [0.25, 0.3) is 5.91 Å². The molecule has 2 heterocycles. The van der Waals surface area contributed by atoms with E-state index in [1.54, 1.807) is 24.1 Å². The van der Waals surface area contributed by atoms with E-state index in [-0.39, 0.29) is 12.6 Å². The second-order valence-electron chi connectivity index (χ2n) is 8.36. The van der Waals surface area contributed by atoms with Crippen LogP contribution in [-0.2, 0) is 6.73 Å². The summed E-state index contributed by atoms with van der Waals surface area (Å²) in [7, 11) is 1.68. The predicted octanol–water partition coefficient (Wildman–Crippen LogP) is 4.56. The number of hydrogen-bond donors (Lipinski definition) is 0. The van der Waals surface area contributed by atoms with Crippen LogP contribution in [0.4, 0.5) is 5.69 Å². The second-order valence-corrected chi connectivity index (χ2v) is 8.36. The molecule has 1 aromatic heterocycles. The molecule has 0 atom stereocenters. The average molecular weight is 469 g/mol. The highest BCUT2D eigenvalue weighted by atomic mass is 16.5. The Labute approximate surface area is 205 Å². The molecule has 1 fully saturated rings. The van der Waals surface area contributed by atoms with Crippen LogP contribution in [0.1, 0.15) is 10.5 Å². The van der Waals surface area contributed by atoms with Gasteiger partial charge >= 0.3 is 0 Å². The van der Waals surface area contributed by atoms with Crippen molar-refractivity contribution >= 4 is 11.6 Å². The zero-order chi connectivity index (χ0) is 24.0. The third-order valence-electron chi connectivity index (χ3n) is 6.18. The van der Waals surface area contributed by atoms with Crippen LogP contribution in [0.25, 0.3) is 11.1 Å². The number of amides is 1. The van der Waals surface area contributed by atoms with E-state index in [4.69, 9.17) is 9.47 Å².